The first kappa shape index (κ1) is 21.4. The van der Waals surface area contributed by atoms with Crippen LogP contribution >= 0.6 is 0 Å². The molecule has 2 N–H and O–H groups in total. The smallest absolute Gasteiger partial charge is 0.330 e. The molecule has 0 bridgehead atoms. The number of nitrogens with zero attached hydrogens (tertiary/aromatic N) is 6. The molecule has 3 heterocycles. The first-order valence-electron chi connectivity index (χ1n) is 10.8. The Morgan fingerprint density at radius 1 is 1.24 bits per heavy atom. The fraction of sp³-hybridized carbons (Fsp3) is 0.261. The monoisotopic (exact) mass is 460 g/mol. The highest BCUT2D eigenvalue weighted by Gasteiger charge is 2.41. The van der Waals surface area contributed by atoms with E-state index in [0.717, 1.165) is 24.1 Å². The van der Waals surface area contributed by atoms with Crippen molar-refractivity contribution in [2.24, 2.45) is 7.05 Å². The number of amides is 3. The number of carbonyl (C=O) groups excluding carboxylic acids is 2. The summed E-state index contributed by atoms with van der Waals surface area (Å²) < 4.78 is 6.46. The molecule has 1 aliphatic heterocycles. The third kappa shape index (κ3) is 4.40. The summed E-state index contributed by atoms with van der Waals surface area (Å²) in [4.78, 5) is 38.2. The number of ether oxygens (including phenoxy) is 1. The topological polar surface area (TPSA) is 118 Å². The molecule has 5 rings (SSSR count). The van der Waals surface area contributed by atoms with E-state index < -0.39 is 0 Å². The molecule has 3 amide bonds. The van der Waals surface area contributed by atoms with E-state index in [1.807, 2.05) is 24.2 Å². The van der Waals surface area contributed by atoms with Crippen LogP contribution in [0.3, 0.4) is 0 Å². The van der Waals surface area contributed by atoms with Crippen molar-refractivity contribution in [3.63, 3.8) is 0 Å². The summed E-state index contributed by atoms with van der Waals surface area (Å²) in [5.41, 5.74) is 2.73. The van der Waals surface area contributed by atoms with Crippen molar-refractivity contribution in [3.05, 3.63) is 60.8 Å². The van der Waals surface area contributed by atoms with Gasteiger partial charge in [0.1, 0.15) is 0 Å². The van der Waals surface area contributed by atoms with E-state index >= 15 is 0 Å². The fourth-order valence-electron chi connectivity index (χ4n) is 3.79. The molecular formula is C23H24N8O3. The maximum absolute atomic E-state index is 13.6. The number of methoxy groups -OCH3 is 1. The number of rotatable bonds is 7. The van der Waals surface area contributed by atoms with Crippen LogP contribution in [0.1, 0.15) is 18.4 Å². The van der Waals surface area contributed by atoms with Gasteiger partial charge in [-0.05, 0) is 31.0 Å². The second kappa shape index (κ2) is 8.85. The normalized spacial score (nSPS) is 15.4. The van der Waals surface area contributed by atoms with Gasteiger partial charge in [0.15, 0.2) is 5.82 Å². The number of urea groups is 1. The van der Waals surface area contributed by atoms with Crippen molar-refractivity contribution >= 4 is 40.8 Å². The Bertz CT molecular complexity index is 1270. The summed E-state index contributed by atoms with van der Waals surface area (Å²) in [5, 5.41) is 10.1. The Morgan fingerprint density at radius 3 is 2.82 bits per heavy atom. The lowest BCUT2D eigenvalue weighted by Gasteiger charge is -2.36. The second-order valence-corrected chi connectivity index (χ2v) is 8.13. The standard InChI is InChI=1S/C23H24N8O3/c1-29-14-17(12-25-29)27-22-24-11-15-13-30(18-6-7-18)23(33)31(21(15)28-22)19-5-3-4-16(10-19)26-20(32)8-9-34-2/h3-5,8-12,14,18H,6-7,13H2,1-2H3,(H,26,32)(H,24,27,28)/b9-8+. The first-order chi connectivity index (χ1) is 16.5. The Labute approximate surface area is 196 Å². The molecule has 0 atom stereocenters. The predicted octanol–water partition coefficient (Wildman–Crippen LogP) is 3.29. The van der Waals surface area contributed by atoms with Gasteiger partial charge in [-0.1, -0.05) is 6.07 Å². The van der Waals surface area contributed by atoms with Crippen LogP contribution in [0.2, 0.25) is 0 Å². The zero-order valence-corrected chi connectivity index (χ0v) is 18.8. The van der Waals surface area contributed by atoms with Gasteiger partial charge in [0.05, 0.1) is 37.5 Å². The average Bonchev–Trinajstić information content (AvgIpc) is 3.59. The molecule has 0 spiro atoms. The number of aromatic nitrogens is 4. The number of nitrogens with one attached hydrogen (secondary N) is 2. The molecule has 1 saturated carbocycles. The number of aryl methyl sites for hydroxylation is 1. The molecule has 0 radical (unpaired) electrons. The van der Waals surface area contributed by atoms with Gasteiger partial charge >= 0.3 is 6.03 Å². The minimum absolute atomic E-state index is 0.149. The molecule has 0 saturated heterocycles. The fourth-order valence-corrected chi connectivity index (χ4v) is 3.79. The van der Waals surface area contributed by atoms with Crippen molar-refractivity contribution in [1.82, 2.24) is 24.6 Å². The zero-order valence-electron chi connectivity index (χ0n) is 18.8. The van der Waals surface area contributed by atoms with Crippen LogP contribution in [0.5, 0.6) is 0 Å². The summed E-state index contributed by atoms with van der Waals surface area (Å²) in [5.74, 6) is 0.527. The lowest BCUT2D eigenvalue weighted by Crippen LogP contribution is -2.46. The Morgan fingerprint density at radius 2 is 2.09 bits per heavy atom. The maximum atomic E-state index is 13.6. The van der Waals surface area contributed by atoms with Crippen LogP contribution in [0.25, 0.3) is 0 Å². The van der Waals surface area contributed by atoms with Crippen molar-refractivity contribution < 1.29 is 14.3 Å². The van der Waals surface area contributed by atoms with Gasteiger partial charge < -0.3 is 20.3 Å². The Balaban J connectivity index is 1.50. The zero-order chi connectivity index (χ0) is 23.7. The van der Waals surface area contributed by atoms with Gasteiger partial charge in [-0.15, -0.1) is 0 Å². The van der Waals surface area contributed by atoms with E-state index in [0.29, 0.717) is 29.7 Å². The van der Waals surface area contributed by atoms with Crippen molar-refractivity contribution in [2.45, 2.75) is 25.4 Å². The number of anilines is 5. The molecule has 3 aromatic rings. The molecule has 2 aliphatic rings. The van der Waals surface area contributed by atoms with Gasteiger partial charge in [-0.2, -0.15) is 10.1 Å². The number of fused-ring (bicyclic) bond motifs is 1. The highest BCUT2D eigenvalue weighted by atomic mass is 16.5. The number of hydrogen-bond acceptors (Lipinski definition) is 7. The molecule has 0 unspecified atom stereocenters. The van der Waals surface area contributed by atoms with Gasteiger partial charge in [0, 0.05) is 42.8 Å². The van der Waals surface area contributed by atoms with Crippen molar-refractivity contribution in [2.75, 3.05) is 22.6 Å². The van der Waals surface area contributed by atoms with Crippen LogP contribution < -0.4 is 15.5 Å². The number of hydrogen-bond donors (Lipinski definition) is 2. The molecule has 174 valence electrons. The molecule has 1 aliphatic carbocycles. The number of benzene rings is 1. The third-order valence-corrected chi connectivity index (χ3v) is 5.51. The van der Waals surface area contributed by atoms with Crippen LogP contribution in [0, 0.1) is 0 Å². The molecule has 11 heteroatoms. The van der Waals surface area contributed by atoms with E-state index in [4.69, 9.17) is 4.74 Å². The highest BCUT2D eigenvalue weighted by Crippen LogP contribution is 2.39. The molecule has 1 aromatic carbocycles. The third-order valence-electron chi connectivity index (χ3n) is 5.51. The quantitative estimate of drug-likeness (QED) is 0.410. The van der Waals surface area contributed by atoms with Crippen molar-refractivity contribution in [3.8, 4) is 0 Å². The van der Waals surface area contributed by atoms with E-state index in [2.05, 4.69) is 25.7 Å². The molecular weight excluding hydrogens is 436 g/mol. The summed E-state index contributed by atoms with van der Waals surface area (Å²) in [6.07, 6.45) is 9.78. The van der Waals surface area contributed by atoms with Gasteiger partial charge in [-0.3, -0.25) is 9.48 Å². The van der Waals surface area contributed by atoms with Gasteiger partial charge in [0.25, 0.3) is 5.91 Å². The van der Waals surface area contributed by atoms with E-state index in [1.54, 1.807) is 40.2 Å². The van der Waals surface area contributed by atoms with E-state index in [1.165, 1.54) is 19.4 Å². The average molecular weight is 460 g/mol. The van der Waals surface area contributed by atoms with Gasteiger partial charge in [0.2, 0.25) is 5.95 Å². The Hall–Kier alpha value is -4.41. The first-order valence-corrected chi connectivity index (χ1v) is 10.8. The summed E-state index contributed by atoms with van der Waals surface area (Å²) in [6.45, 7) is 0.459. The highest BCUT2D eigenvalue weighted by molar-refractivity contribution is 6.03. The maximum Gasteiger partial charge on any atom is 0.330 e. The minimum Gasteiger partial charge on any atom is -0.504 e. The largest absolute Gasteiger partial charge is 0.504 e. The van der Waals surface area contributed by atoms with Crippen LogP contribution in [-0.2, 0) is 23.1 Å². The van der Waals surface area contributed by atoms with E-state index in [-0.39, 0.29) is 18.0 Å². The summed E-state index contributed by atoms with van der Waals surface area (Å²) in [6, 6.07) is 7.17. The minimum atomic E-state index is -0.339. The number of carbonyl (C=O) groups is 2. The SMILES string of the molecule is CO/C=C/C(=O)Nc1cccc(N2C(=O)N(C3CC3)Cc3cnc(Nc4cnn(C)c4)nc32)c1. The van der Waals surface area contributed by atoms with Crippen LogP contribution in [0.4, 0.5) is 33.6 Å². The second-order valence-electron chi connectivity index (χ2n) is 8.13. The lowest BCUT2D eigenvalue weighted by molar-refractivity contribution is -0.112. The predicted molar refractivity (Wildman–Crippen MR) is 126 cm³/mol. The van der Waals surface area contributed by atoms with Gasteiger partial charge in [-0.25, -0.2) is 14.7 Å². The molecule has 1 fully saturated rings. The van der Waals surface area contributed by atoms with E-state index in [9.17, 15) is 9.59 Å². The summed E-state index contributed by atoms with van der Waals surface area (Å²) in [7, 11) is 3.29. The van der Waals surface area contributed by atoms with Crippen LogP contribution in [-0.4, -0.2) is 49.7 Å². The molecule has 11 nitrogen and oxygen atoms in total. The van der Waals surface area contributed by atoms with Crippen LogP contribution in [0.15, 0.2) is 55.2 Å². The molecule has 2 aromatic heterocycles. The van der Waals surface area contributed by atoms with Crippen molar-refractivity contribution in [1.29, 1.82) is 0 Å². The lowest BCUT2D eigenvalue weighted by atomic mass is 10.1. The Kier molecular flexibility index (Phi) is 5.58. The summed E-state index contributed by atoms with van der Waals surface area (Å²) >= 11 is 0. The molecule has 34 heavy (non-hydrogen) atoms.